The minimum atomic E-state index is -3.78. The molecule has 1 N–H and O–H groups in total. The Balaban J connectivity index is 2.53. The van der Waals surface area contributed by atoms with Crippen LogP contribution in [0.2, 0.25) is 0 Å². The Bertz CT molecular complexity index is 858. The van der Waals surface area contributed by atoms with Crippen molar-refractivity contribution in [1.82, 2.24) is 14.5 Å². The number of para-hydroxylation sites is 1. The third kappa shape index (κ3) is 3.23. The van der Waals surface area contributed by atoms with Crippen LogP contribution in [0.4, 0.5) is 0 Å². The molecule has 0 bridgehead atoms. The van der Waals surface area contributed by atoms with Gasteiger partial charge in [0.1, 0.15) is 4.90 Å². The summed E-state index contributed by atoms with van der Waals surface area (Å²) in [5, 5.41) is 4.40. The highest BCUT2D eigenvalue weighted by Gasteiger charge is 2.33. The Labute approximate surface area is 144 Å². The number of rotatable bonds is 6. The van der Waals surface area contributed by atoms with Crippen LogP contribution >= 0.6 is 0 Å². The number of hydrogen-bond acceptors (Lipinski definition) is 3. The molecular weight excluding hydrogens is 322 g/mol. The van der Waals surface area contributed by atoms with E-state index in [4.69, 9.17) is 6.42 Å². The Kier molecular flexibility index (Phi) is 5.16. The summed E-state index contributed by atoms with van der Waals surface area (Å²) >= 11 is 0. The summed E-state index contributed by atoms with van der Waals surface area (Å²) in [6, 6.07) is 9.43. The molecule has 2 aromatic rings. The highest BCUT2D eigenvalue weighted by atomic mass is 32.2. The highest BCUT2D eigenvalue weighted by Crippen LogP contribution is 2.25. The summed E-state index contributed by atoms with van der Waals surface area (Å²) < 4.78 is 30.2. The molecule has 0 aliphatic carbocycles. The van der Waals surface area contributed by atoms with Gasteiger partial charge in [-0.25, -0.2) is 13.1 Å². The first-order valence-corrected chi connectivity index (χ1v) is 9.42. The van der Waals surface area contributed by atoms with Crippen LogP contribution < -0.4 is 4.72 Å². The molecule has 6 heteroatoms. The average molecular weight is 345 g/mol. The lowest BCUT2D eigenvalue weighted by Gasteiger charge is -2.26. The van der Waals surface area contributed by atoms with Crippen molar-refractivity contribution in [2.45, 2.75) is 51.0 Å². The van der Waals surface area contributed by atoms with E-state index in [9.17, 15) is 8.42 Å². The molecule has 2 rings (SSSR count). The van der Waals surface area contributed by atoms with Crippen LogP contribution in [0, 0.1) is 26.2 Å². The molecule has 0 saturated heterocycles. The standard InChI is InChI=1S/C18H23N3O2S/c1-6-18(7-2,8-3)20-24(22,23)17-14(4)19-21(15(17)5)16-12-10-9-11-13-16/h1,9-13,20H,7-8H2,2-5H3. The number of benzene rings is 1. The van der Waals surface area contributed by atoms with Crippen LogP contribution in [0.25, 0.3) is 5.69 Å². The number of hydrogen-bond donors (Lipinski definition) is 1. The van der Waals surface area contributed by atoms with Gasteiger partial charge in [-0.1, -0.05) is 38.0 Å². The third-order valence-electron chi connectivity index (χ3n) is 4.31. The molecule has 0 amide bonds. The molecule has 1 aromatic heterocycles. The smallest absolute Gasteiger partial charge is 0.236 e. The monoisotopic (exact) mass is 345 g/mol. The average Bonchev–Trinajstić information content (AvgIpc) is 2.89. The molecule has 0 aliphatic rings. The van der Waals surface area contributed by atoms with Crippen LogP contribution in [-0.4, -0.2) is 23.7 Å². The zero-order valence-electron chi connectivity index (χ0n) is 14.5. The van der Waals surface area contributed by atoms with E-state index < -0.39 is 15.6 Å². The van der Waals surface area contributed by atoms with E-state index in [0.717, 1.165) is 5.69 Å². The third-order valence-corrected chi connectivity index (χ3v) is 6.10. The van der Waals surface area contributed by atoms with Gasteiger partial charge in [-0.2, -0.15) is 9.82 Å². The van der Waals surface area contributed by atoms with E-state index in [1.165, 1.54) is 0 Å². The largest absolute Gasteiger partial charge is 0.245 e. The minimum absolute atomic E-state index is 0.188. The van der Waals surface area contributed by atoms with Crippen molar-refractivity contribution >= 4 is 10.0 Å². The Hall–Kier alpha value is -2.10. The molecule has 5 nitrogen and oxygen atoms in total. The van der Waals surface area contributed by atoms with Gasteiger partial charge < -0.3 is 0 Å². The number of sulfonamides is 1. The van der Waals surface area contributed by atoms with Crippen LogP contribution in [0.15, 0.2) is 35.2 Å². The van der Waals surface area contributed by atoms with Gasteiger partial charge in [0.25, 0.3) is 0 Å². The summed E-state index contributed by atoms with van der Waals surface area (Å²) in [6.45, 7) is 7.19. The summed E-state index contributed by atoms with van der Waals surface area (Å²) in [5.41, 5.74) is 0.937. The van der Waals surface area contributed by atoms with E-state index in [2.05, 4.69) is 15.7 Å². The quantitative estimate of drug-likeness (QED) is 0.819. The van der Waals surface area contributed by atoms with Crippen molar-refractivity contribution in [1.29, 1.82) is 0 Å². The first-order chi connectivity index (χ1) is 11.3. The summed E-state index contributed by atoms with van der Waals surface area (Å²) in [6.07, 6.45) is 6.62. The molecule has 0 atom stereocenters. The first-order valence-electron chi connectivity index (χ1n) is 7.93. The predicted octanol–water partition coefficient (Wildman–Crippen LogP) is 2.96. The van der Waals surface area contributed by atoms with Gasteiger partial charge in [0.05, 0.1) is 22.6 Å². The van der Waals surface area contributed by atoms with Crippen LogP contribution in [0.1, 0.15) is 38.1 Å². The Morgan fingerprint density at radius 2 is 1.79 bits per heavy atom. The molecule has 0 fully saturated rings. The van der Waals surface area contributed by atoms with Crippen LogP contribution in [0.5, 0.6) is 0 Å². The number of nitrogens with one attached hydrogen (secondary N) is 1. The van der Waals surface area contributed by atoms with Crippen molar-refractivity contribution in [3.8, 4) is 18.0 Å². The zero-order chi connectivity index (χ0) is 18.0. The molecule has 0 spiro atoms. The molecular formula is C18H23N3O2S. The SMILES string of the molecule is C#CC(CC)(CC)NS(=O)(=O)c1c(C)nn(-c2ccccc2)c1C. The molecule has 0 radical (unpaired) electrons. The number of nitrogens with zero attached hydrogens (tertiary/aromatic N) is 2. The molecule has 128 valence electrons. The normalized spacial score (nSPS) is 12.1. The molecule has 1 heterocycles. The fraction of sp³-hybridized carbons (Fsp3) is 0.389. The lowest BCUT2D eigenvalue weighted by atomic mass is 9.96. The second kappa shape index (κ2) is 6.80. The maximum atomic E-state index is 13.0. The van der Waals surface area contributed by atoms with Gasteiger partial charge in [-0.05, 0) is 38.8 Å². The lowest BCUT2D eigenvalue weighted by molar-refractivity contribution is 0.451. The van der Waals surface area contributed by atoms with Crippen molar-refractivity contribution in [3.63, 3.8) is 0 Å². The van der Waals surface area contributed by atoms with E-state index in [-0.39, 0.29) is 4.90 Å². The lowest BCUT2D eigenvalue weighted by Crippen LogP contribution is -2.46. The summed E-state index contributed by atoms with van der Waals surface area (Å²) in [4.78, 5) is 0.188. The number of terminal acetylenes is 1. The second-order valence-electron chi connectivity index (χ2n) is 5.79. The molecule has 24 heavy (non-hydrogen) atoms. The van der Waals surface area contributed by atoms with Crippen molar-refractivity contribution < 1.29 is 8.42 Å². The summed E-state index contributed by atoms with van der Waals surface area (Å²) in [5.74, 6) is 2.60. The van der Waals surface area contributed by atoms with E-state index in [1.54, 1.807) is 18.5 Å². The van der Waals surface area contributed by atoms with E-state index in [0.29, 0.717) is 24.2 Å². The fourth-order valence-corrected chi connectivity index (χ4v) is 4.64. The van der Waals surface area contributed by atoms with Gasteiger partial charge in [-0.15, -0.1) is 6.42 Å². The van der Waals surface area contributed by atoms with Crippen molar-refractivity contribution in [2.24, 2.45) is 0 Å². The zero-order valence-corrected chi connectivity index (χ0v) is 15.3. The predicted molar refractivity (Wildman–Crippen MR) is 95.5 cm³/mol. The van der Waals surface area contributed by atoms with Gasteiger partial charge >= 0.3 is 0 Å². The molecule has 0 saturated carbocycles. The molecule has 1 aromatic carbocycles. The van der Waals surface area contributed by atoms with Crippen molar-refractivity contribution in [3.05, 3.63) is 41.7 Å². The van der Waals surface area contributed by atoms with Gasteiger partial charge in [0.15, 0.2) is 0 Å². The Morgan fingerprint density at radius 1 is 1.21 bits per heavy atom. The fourth-order valence-electron chi connectivity index (χ4n) is 2.77. The van der Waals surface area contributed by atoms with E-state index in [1.807, 2.05) is 44.2 Å². The second-order valence-corrected chi connectivity index (χ2v) is 7.41. The summed E-state index contributed by atoms with van der Waals surface area (Å²) in [7, 11) is -3.78. The van der Waals surface area contributed by atoms with Gasteiger partial charge in [-0.3, -0.25) is 0 Å². The highest BCUT2D eigenvalue weighted by molar-refractivity contribution is 7.89. The number of aromatic nitrogens is 2. The number of aryl methyl sites for hydroxylation is 1. The minimum Gasteiger partial charge on any atom is -0.236 e. The Morgan fingerprint density at radius 3 is 2.29 bits per heavy atom. The molecule has 0 unspecified atom stereocenters. The first kappa shape index (κ1) is 18.2. The van der Waals surface area contributed by atoms with Gasteiger partial charge in [0.2, 0.25) is 10.0 Å². The van der Waals surface area contributed by atoms with Gasteiger partial charge in [0, 0.05) is 0 Å². The van der Waals surface area contributed by atoms with Crippen molar-refractivity contribution in [2.75, 3.05) is 0 Å². The molecule has 0 aliphatic heterocycles. The maximum absolute atomic E-state index is 13.0. The van der Waals surface area contributed by atoms with Crippen LogP contribution in [-0.2, 0) is 10.0 Å². The van der Waals surface area contributed by atoms with Crippen LogP contribution in [0.3, 0.4) is 0 Å². The van der Waals surface area contributed by atoms with E-state index >= 15 is 0 Å². The maximum Gasteiger partial charge on any atom is 0.245 e. The topological polar surface area (TPSA) is 64.0 Å².